The Labute approximate surface area is 161 Å². The predicted molar refractivity (Wildman–Crippen MR) is 104 cm³/mol. The van der Waals surface area contributed by atoms with Gasteiger partial charge in [0, 0.05) is 39.4 Å². The van der Waals surface area contributed by atoms with Gasteiger partial charge in [0.25, 0.3) is 0 Å². The molecule has 6 nitrogen and oxygen atoms in total. The van der Waals surface area contributed by atoms with Gasteiger partial charge in [0.05, 0.1) is 19.8 Å². The molecule has 0 unspecified atom stereocenters. The third-order valence-corrected chi connectivity index (χ3v) is 5.26. The van der Waals surface area contributed by atoms with E-state index < -0.39 is 5.60 Å². The number of hydrogen-bond acceptors (Lipinski definition) is 5. The summed E-state index contributed by atoms with van der Waals surface area (Å²) in [6.45, 7) is 5.92. The van der Waals surface area contributed by atoms with Crippen LogP contribution in [0.25, 0.3) is 0 Å². The van der Waals surface area contributed by atoms with Crippen molar-refractivity contribution in [3.63, 3.8) is 0 Å². The number of piperidine rings is 1. The van der Waals surface area contributed by atoms with Crippen LogP contribution >= 0.6 is 0 Å². The normalized spacial score (nSPS) is 24.3. The number of methoxy groups -OCH3 is 1. The van der Waals surface area contributed by atoms with Crippen molar-refractivity contribution >= 4 is 5.91 Å². The fraction of sp³-hybridized carbons (Fsp3) is 0.571. The Morgan fingerprint density at radius 2 is 2.00 bits per heavy atom. The molecule has 0 spiro atoms. The van der Waals surface area contributed by atoms with E-state index in [2.05, 4.69) is 4.90 Å². The molecule has 0 radical (unpaired) electrons. The second kappa shape index (κ2) is 9.88. The zero-order valence-corrected chi connectivity index (χ0v) is 16.1. The van der Waals surface area contributed by atoms with Gasteiger partial charge in [-0.3, -0.25) is 9.69 Å². The van der Waals surface area contributed by atoms with Gasteiger partial charge >= 0.3 is 0 Å². The first kappa shape index (κ1) is 19.9. The summed E-state index contributed by atoms with van der Waals surface area (Å²) in [6.07, 6.45) is 5.45. The SMILES string of the molecule is CO[C@@]1(COc2ccccc2)CCCN(C(=O)/C=C/CN2CCOCC2)C1. The van der Waals surface area contributed by atoms with Crippen LogP contribution in [0, 0.1) is 0 Å². The molecule has 0 N–H and O–H groups in total. The molecule has 0 aliphatic carbocycles. The number of carbonyl (C=O) groups excluding carboxylic acids is 1. The monoisotopic (exact) mass is 374 g/mol. The zero-order chi connectivity index (χ0) is 19.0. The first-order valence-electron chi connectivity index (χ1n) is 9.69. The lowest BCUT2D eigenvalue weighted by atomic mass is 9.93. The van der Waals surface area contributed by atoms with Gasteiger partial charge in [0.1, 0.15) is 18.0 Å². The van der Waals surface area contributed by atoms with E-state index in [0.29, 0.717) is 13.2 Å². The topological polar surface area (TPSA) is 51.2 Å². The number of morpholine rings is 1. The van der Waals surface area contributed by atoms with E-state index in [1.807, 2.05) is 41.3 Å². The highest BCUT2D eigenvalue weighted by molar-refractivity contribution is 5.87. The first-order chi connectivity index (χ1) is 13.2. The lowest BCUT2D eigenvalue weighted by Crippen LogP contribution is -2.54. The maximum Gasteiger partial charge on any atom is 0.246 e. The highest BCUT2D eigenvalue weighted by Gasteiger charge is 2.37. The summed E-state index contributed by atoms with van der Waals surface area (Å²) in [6, 6.07) is 9.73. The van der Waals surface area contributed by atoms with Crippen LogP contribution in [-0.2, 0) is 14.3 Å². The maximum atomic E-state index is 12.6. The number of rotatable bonds is 7. The van der Waals surface area contributed by atoms with Crippen LogP contribution in [0.15, 0.2) is 42.5 Å². The molecule has 6 heteroatoms. The van der Waals surface area contributed by atoms with Crippen LogP contribution < -0.4 is 4.74 Å². The van der Waals surface area contributed by atoms with Crippen molar-refractivity contribution in [2.75, 3.05) is 59.7 Å². The van der Waals surface area contributed by atoms with Crippen molar-refractivity contribution in [1.82, 2.24) is 9.80 Å². The maximum absolute atomic E-state index is 12.6. The first-order valence-corrected chi connectivity index (χ1v) is 9.69. The van der Waals surface area contributed by atoms with Gasteiger partial charge in [-0.1, -0.05) is 24.3 Å². The van der Waals surface area contributed by atoms with Crippen LogP contribution in [0.4, 0.5) is 0 Å². The number of hydrogen-bond donors (Lipinski definition) is 0. The van der Waals surface area contributed by atoms with Gasteiger partial charge in [-0.2, -0.15) is 0 Å². The van der Waals surface area contributed by atoms with Crippen molar-refractivity contribution < 1.29 is 19.0 Å². The van der Waals surface area contributed by atoms with Gasteiger partial charge < -0.3 is 19.1 Å². The molecule has 2 aliphatic heterocycles. The minimum atomic E-state index is -0.457. The largest absolute Gasteiger partial charge is 0.491 e. The van der Waals surface area contributed by atoms with E-state index in [9.17, 15) is 4.79 Å². The summed E-state index contributed by atoms with van der Waals surface area (Å²) in [7, 11) is 1.70. The Balaban J connectivity index is 1.52. The molecule has 1 atom stereocenters. The molecule has 1 aromatic rings. The molecular formula is C21H30N2O4. The van der Waals surface area contributed by atoms with Crippen LogP contribution in [-0.4, -0.2) is 81.0 Å². The predicted octanol–water partition coefficient (Wildman–Crippen LogP) is 1.96. The third-order valence-electron chi connectivity index (χ3n) is 5.26. The van der Waals surface area contributed by atoms with E-state index >= 15 is 0 Å². The second-order valence-electron chi connectivity index (χ2n) is 7.17. The average Bonchev–Trinajstić information content (AvgIpc) is 2.74. The number of amides is 1. The molecule has 27 heavy (non-hydrogen) atoms. The van der Waals surface area contributed by atoms with E-state index in [1.54, 1.807) is 13.2 Å². The molecule has 2 fully saturated rings. The molecule has 148 valence electrons. The lowest BCUT2D eigenvalue weighted by molar-refractivity contribution is -0.138. The van der Waals surface area contributed by atoms with E-state index in [1.165, 1.54) is 0 Å². The summed E-state index contributed by atoms with van der Waals surface area (Å²) in [4.78, 5) is 16.8. The van der Waals surface area contributed by atoms with Gasteiger partial charge in [0.15, 0.2) is 0 Å². The van der Waals surface area contributed by atoms with Crippen molar-refractivity contribution in [3.8, 4) is 5.75 Å². The molecule has 1 amide bonds. The lowest BCUT2D eigenvalue weighted by Gasteiger charge is -2.41. The Morgan fingerprint density at radius 1 is 1.22 bits per heavy atom. The molecule has 0 aromatic heterocycles. The summed E-state index contributed by atoms with van der Waals surface area (Å²) < 4.78 is 17.1. The minimum Gasteiger partial charge on any atom is -0.491 e. The highest BCUT2D eigenvalue weighted by Crippen LogP contribution is 2.26. The molecule has 0 bridgehead atoms. The molecule has 2 saturated heterocycles. The molecule has 0 saturated carbocycles. The van der Waals surface area contributed by atoms with Gasteiger partial charge in [-0.15, -0.1) is 0 Å². The van der Waals surface area contributed by atoms with Crippen molar-refractivity contribution in [2.45, 2.75) is 18.4 Å². The quantitative estimate of drug-likeness (QED) is 0.683. The minimum absolute atomic E-state index is 0.0455. The zero-order valence-electron chi connectivity index (χ0n) is 16.1. The molecule has 1 aromatic carbocycles. The number of para-hydroxylation sites is 1. The Hall–Kier alpha value is -1.89. The number of benzene rings is 1. The van der Waals surface area contributed by atoms with E-state index in [-0.39, 0.29) is 5.91 Å². The van der Waals surface area contributed by atoms with Crippen molar-refractivity contribution in [2.24, 2.45) is 0 Å². The van der Waals surface area contributed by atoms with Crippen LogP contribution in [0.3, 0.4) is 0 Å². The highest BCUT2D eigenvalue weighted by atomic mass is 16.5. The summed E-state index contributed by atoms with van der Waals surface area (Å²) in [5.74, 6) is 0.867. The van der Waals surface area contributed by atoms with Crippen molar-refractivity contribution in [1.29, 1.82) is 0 Å². The number of carbonyl (C=O) groups is 1. The molecular weight excluding hydrogens is 344 g/mol. The average molecular weight is 374 g/mol. The molecule has 2 heterocycles. The summed E-state index contributed by atoms with van der Waals surface area (Å²) >= 11 is 0. The van der Waals surface area contributed by atoms with Crippen LogP contribution in [0.2, 0.25) is 0 Å². The fourth-order valence-corrected chi connectivity index (χ4v) is 3.55. The van der Waals surface area contributed by atoms with E-state index in [0.717, 1.165) is 58.0 Å². The smallest absolute Gasteiger partial charge is 0.246 e. The summed E-state index contributed by atoms with van der Waals surface area (Å²) in [5, 5.41) is 0. The number of ether oxygens (including phenoxy) is 3. The van der Waals surface area contributed by atoms with Gasteiger partial charge in [-0.25, -0.2) is 0 Å². The fourth-order valence-electron chi connectivity index (χ4n) is 3.55. The number of nitrogens with zero attached hydrogens (tertiary/aromatic N) is 2. The Morgan fingerprint density at radius 3 is 2.74 bits per heavy atom. The van der Waals surface area contributed by atoms with Crippen molar-refractivity contribution in [3.05, 3.63) is 42.5 Å². The van der Waals surface area contributed by atoms with E-state index in [4.69, 9.17) is 14.2 Å². The standard InChI is InChI=1S/C21H30N2O4/c1-25-21(18-27-19-7-3-2-4-8-19)10-6-12-23(17-21)20(24)9-5-11-22-13-15-26-16-14-22/h2-5,7-9H,6,10-18H2,1H3/b9-5+/t21-/m0/s1. The number of likely N-dealkylation sites (tertiary alicyclic amines) is 1. The molecule has 2 aliphatic rings. The van der Waals surface area contributed by atoms with Gasteiger partial charge in [0.2, 0.25) is 5.91 Å². The second-order valence-corrected chi connectivity index (χ2v) is 7.17. The summed E-state index contributed by atoms with van der Waals surface area (Å²) in [5.41, 5.74) is -0.457. The van der Waals surface area contributed by atoms with Crippen LogP contribution in [0.1, 0.15) is 12.8 Å². The Bertz CT molecular complexity index is 616. The van der Waals surface area contributed by atoms with Crippen LogP contribution in [0.5, 0.6) is 5.75 Å². The third kappa shape index (κ3) is 5.79. The molecule has 3 rings (SSSR count). The Kier molecular flexibility index (Phi) is 7.26. The van der Waals surface area contributed by atoms with Gasteiger partial charge in [-0.05, 0) is 25.0 Å².